The van der Waals surface area contributed by atoms with Crippen molar-refractivity contribution in [2.24, 2.45) is 0 Å². The van der Waals surface area contributed by atoms with E-state index in [9.17, 15) is 13.2 Å². The van der Waals surface area contributed by atoms with Gasteiger partial charge >= 0.3 is 0 Å². The molecule has 9 heteroatoms. The predicted molar refractivity (Wildman–Crippen MR) is 101 cm³/mol. The molecule has 154 valence electrons. The van der Waals surface area contributed by atoms with Crippen LogP contribution < -0.4 is 5.73 Å². The number of nitrogens with two attached hydrogens (primary N) is 1. The summed E-state index contributed by atoms with van der Waals surface area (Å²) >= 11 is 0. The first-order valence-electron chi connectivity index (χ1n) is 9.49. The minimum Gasteiger partial charge on any atom is -0.391 e. The van der Waals surface area contributed by atoms with Crippen molar-refractivity contribution in [3.8, 4) is 11.3 Å². The summed E-state index contributed by atoms with van der Waals surface area (Å²) in [7, 11) is 0. The Kier molecular flexibility index (Phi) is 5.42. The van der Waals surface area contributed by atoms with Crippen LogP contribution in [0.3, 0.4) is 0 Å². The van der Waals surface area contributed by atoms with Crippen LogP contribution in [0.15, 0.2) is 24.4 Å². The fourth-order valence-electron chi connectivity index (χ4n) is 3.36. The lowest BCUT2D eigenvalue weighted by Gasteiger charge is -2.15. The molecule has 1 aliphatic carbocycles. The maximum Gasteiger partial charge on any atom is 0.238 e. The van der Waals surface area contributed by atoms with Crippen LogP contribution in [0, 0.1) is 17.5 Å². The third-order valence-corrected chi connectivity index (χ3v) is 4.99. The van der Waals surface area contributed by atoms with Crippen LogP contribution in [0.25, 0.3) is 16.8 Å². The molecular formula is C20H21F3N4O2. The van der Waals surface area contributed by atoms with Crippen LogP contribution >= 0.6 is 0 Å². The molecule has 1 saturated heterocycles. The summed E-state index contributed by atoms with van der Waals surface area (Å²) in [6.07, 6.45) is 4.79. The zero-order valence-electron chi connectivity index (χ0n) is 15.6. The highest BCUT2D eigenvalue weighted by Gasteiger charge is 2.27. The van der Waals surface area contributed by atoms with Crippen molar-refractivity contribution in [3.05, 3.63) is 47.4 Å². The Bertz CT molecular complexity index is 1010. The number of anilines is 1. The number of benzene rings is 1. The standard InChI is InChI=1S/C15H11F3N4.C5H10O2/c16-9-5-12(22-13(9)6-20-15(19)21-22)14-10(17)3-8(4-11(14)18)7-1-2-7;6-5-2-1-3-7-4-5/h3-7H,1-2H2,(H2,19,21);5-6H,1-4H2. The second-order valence-corrected chi connectivity index (χ2v) is 7.30. The molecule has 1 unspecified atom stereocenters. The molecule has 0 radical (unpaired) electrons. The van der Waals surface area contributed by atoms with Crippen molar-refractivity contribution in [1.29, 1.82) is 0 Å². The molecule has 29 heavy (non-hydrogen) atoms. The lowest BCUT2D eigenvalue weighted by Crippen LogP contribution is -2.21. The number of halogens is 3. The lowest BCUT2D eigenvalue weighted by atomic mass is 10.0. The summed E-state index contributed by atoms with van der Waals surface area (Å²) < 4.78 is 48.7. The van der Waals surface area contributed by atoms with E-state index >= 15 is 0 Å². The molecule has 1 aliphatic heterocycles. The van der Waals surface area contributed by atoms with Gasteiger partial charge in [-0.3, -0.25) is 0 Å². The topological polar surface area (TPSA) is 85.7 Å². The number of aliphatic hydroxyl groups excluding tert-OH is 1. The largest absolute Gasteiger partial charge is 0.391 e. The molecule has 1 aromatic carbocycles. The Morgan fingerprint density at radius 1 is 1.07 bits per heavy atom. The third-order valence-electron chi connectivity index (χ3n) is 4.99. The van der Waals surface area contributed by atoms with Gasteiger partial charge in [-0.2, -0.15) is 0 Å². The van der Waals surface area contributed by atoms with E-state index in [1.54, 1.807) is 0 Å². The molecule has 3 N–H and O–H groups in total. The maximum atomic E-state index is 14.4. The van der Waals surface area contributed by atoms with E-state index in [1.165, 1.54) is 18.3 Å². The second-order valence-electron chi connectivity index (χ2n) is 7.30. The zero-order chi connectivity index (χ0) is 20.5. The predicted octanol–water partition coefficient (Wildman–Crippen LogP) is 3.43. The molecule has 0 amide bonds. The average Bonchev–Trinajstić information content (AvgIpc) is 3.48. The Morgan fingerprint density at radius 2 is 1.79 bits per heavy atom. The van der Waals surface area contributed by atoms with E-state index in [4.69, 9.17) is 15.6 Å². The lowest BCUT2D eigenvalue weighted by molar-refractivity contribution is -0.00535. The molecule has 6 nitrogen and oxygen atoms in total. The molecule has 3 heterocycles. The number of aromatic nitrogens is 3. The normalized spacial score (nSPS) is 19.1. The molecule has 5 rings (SSSR count). The van der Waals surface area contributed by atoms with Crippen molar-refractivity contribution < 1.29 is 23.0 Å². The first-order valence-corrected chi connectivity index (χ1v) is 9.49. The van der Waals surface area contributed by atoms with Crippen LogP contribution in [0.5, 0.6) is 0 Å². The van der Waals surface area contributed by atoms with Crippen molar-refractivity contribution in [2.75, 3.05) is 18.9 Å². The van der Waals surface area contributed by atoms with Crippen molar-refractivity contribution >= 4 is 11.5 Å². The fourth-order valence-corrected chi connectivity index (χ4v) is 3.36. The van der Waals surface area contributed by atoms with Gasteiger partial charge in [0.05, 0.1) is 30.2 Å². The summed E-state index contributed by atoms with van der Waals surface area (Å²) in [6, 6.07) is 3.64. The molecule has 0 bridgehead atoms. The Balaban J connectivity index is 0.000000249. The molecule has 1 atom stereocenters. The highest BCUT2D eigenvalue weighted by Crippen LogP contribution is 2.42. The number of ether oxygens (including phenoxy) is 1. The third kappa shape index (κ3) is 4.20. The Hall–Kier alpha value is -2.65. The van der Waals surface area contributed by atoms with E-state index in [0.717, 1.165) is 42.9 Å². The summed E-state index contributed by atoms with van der Waals surface area (Å²) in [5.74, 6) is -2.03. The Morgan fingerprint density at radius 3 is 2.34 bits per heavy atom. The molecule has 0 spiro atoms. The Labute approximate surface area is 165 Å². The quantitative estimate of drug-likeness (QED) is 0.681. The summed E-state index contributed by atoms with van der Waals surface area (Å²) in [5.41, 5.74) is 5.77. The van der Waals surface area contributed by atoms with Crippen LogP contribution in [-0.2, 0) is 4.74 Å². The summed E-state index contributed by atoms with van der Waals surface area (Å²) in [6.45, 7) is 1.37. The van der Waals surface area contributed by atoms with Crippen LogP contribution in [0.2, 0.25) is 0 Å². The van der Waals surface area contributed by atoms with Gasteiger partial charge in [0.1, 0.15) is 17.2 Å². The van der Waals surface area contributed by atoms with E-state index in [1.807, 2.05) is 0 Å². The van der Waals surface area contributed by atoms with E-state index in [-0.39, 0.29) is 34.7 Å². The first-order chi connectivity index (χ1) is 13.9. The monoisotopic (exact) mass is 406 g/mol. The van der Waals surface area contributed by atoms with Gasteiger partial charge in [0, 0.05) is 12.7 Å². The molecule has 2 aromatic heterocycles. The molecular weight excluding hydrogens is 385 g/mol. The highest BCUT2D eigenvalue weighted by atomic mass is 19.1. The number of aliphatic hydroxyl groups is 1. The maximum absolute atomic E-state index is 14.4. The van der Waals surface area contributed by atoms with Crippen LogP contribution in [0.1, 0.15) is 37.2 Å². The first kappa shape index (κ1) is 19.7. The minimum atomic E-state index is -0.738. The number of hydrogen-bond acceptors (Lipinski definition) is 5. The minimum absolute atomic E-state index is 0.00858. The van der Waals surface area contributed by atoms with Crippen molar-refractivity contribution in [1.82, 2.24) is 14.6 Å². The van der Waals surface area contributed by atoms with Gasteiger partial charge in [-0.1, -0.05) is 0 Å². The smallest absolute Gasteiger partial charge is 0.238 e. The highest BCUT2D eigenvalue weighted by molar-refractivity contribution is 5.68. The van der Waals surface area contributed by atoms with Gasteiger partial charge in [-0.25, -0.2) is 22.7 Å². The number of rotatable bonds is 2. The number of hydrogen-bond donors (Lipinski definition) is 2. The van der Waals surface area contributed by atoms with Crippen molar-refractivity contribution in [2.45, 2.75) is 37.7 Å². The van der Waals surface area contributed by atoms with Gasteiger partial charge < -0.3 is 15.6 Å². The van der Waals surface area contributed by atoms with E-state index < -0.39 is 17.5 Å². The van der Waals surface area contributed by atoms with Crippen LogP contribution in [-0.4, -0.2) is 39.0 Å². The van der Waals surface area contributed by atoms with Gasteiger partial charge in [0.15, 0.2) is 5.82 Å². The fraction of sp³-hybridized carbons (Fsp3) is 0.400. The number of fused-ring (bicyclic) bond motifs is 1. The van der Waals surface area contributed by atoms with Crippen LogP contribution in [0.4, 0.5) is 19.1 Å². The van der Waals surface area contributed by atoms with Gasteiger partial charge in [-0.05, 0) is 49.3 Å². The molecule has 1 saturated carbocycles. The molecule has 2 aliphatic rings. The number of nitrogens with zero attached hydrogens (tertiary/aromatic N) is 3. The SMILES string of the molecule is Nc1ncc2c(F)cc(-c3c(F)cc(C4CC4)cc3F)n2n1.OC1CCCOC1. The number of nitrogen functional groups attached to an aromatic ring is 1. The van der Waals surface area contributed by atoms with Gasteiger partial charge in [0.2, 0.25) is 5.95 Å². The van der Waals surface area contributed by atoms with Gasteiger partial charge in [0.25, 0.3) is 0 Å². The second kappa shape index (κ2) is 8.00. The average molecular weight is 406 g/mol. The molecule has 2 fully saturated rings. The van der Waals surface area contributed by atoms with E-state index in [0.29, 0.717) is 12.2 Å². The molecule has 3 aromatic rings. The zero-order valence-corrected chi connectivity index (χ0v) is 15.6. The summed E-state index contributed by atoms with van der Waals surface area (Å²) in [4.78, 5) is 3.68. The van der Waals surface area contributed by atoms with Gasteiger partial charge in [-0.15, -0.1) is 5.10 Å². The van der Waals surface area contributed by atoms with Crippen molar-refractivity contribution in [3.63, 3.8) is 0 Å². The summed E-state index contributed by atoms with van der Waals surface area (Å²) in [5, 5.41) is 12.6. The van der Waals surface area contributed by atoms with E-state index in [2.05, 4.69) is 10.1 Å².